The number of aromatic nitrogens is 2. The van der Waals surface area contributed by atoms with Crippen LogP contribution in [0.25, 0.3) is 11.5 Å². The maximum Gasteiger partial charge on any atom is 0.151 e. The van der Waals surface area contributed by atoms with Gasteiger partial charge in [0.2, 0.25) is 0 Å². The highest BCUT2D eigenvalue weighted by Crippen LogP contribution is 2.37. The van der Waals surface area contributed by atoms with Gasteiger partial charge in [0.15, 0.2) is 5.76 Å². The Labute approximate surface area is 141 Å². The first-order chi connectivity index (χ1) is 11.4. The third kappa shape index (κ3) is 2.46. The fraction of sp³-hybridized carbons (Fsp3) is 0.316. The van der Waals surface area contributed by atoms with E-state index in [0.717, 1.165) is 28.5 Å². The number of furan rings is 1. The number of hydrogen-bond acceptors (Lipinski definition) is 4. The molecule has 1 atom stereocenters. The van der Waals surface area contributed by atoms with Gasteiger partial charge in [-0.3, -0.25) is 4.68 Å². The summed E-state index contributed by atoms with van der Waals surface area (Å²) in [5, 5.41) is 11.9. The van der Waals surface area contributed by atoms with Gasteiger partial charge in [0.05, 0.1) is 23.2 Å². The first-order valence-electron chi connectivity index (χ1n) is 8.20. The highest BCUT2D eigenvalue weighted by molar-refractivity contribution is 5.75. The topological polar surface area (TPSA) is 55.0 Å². The zero-order chi connectivity index (χ0) is 16.9. The molecule has 5 heteroatoms. The number of nitrogens with one attached hydrogen (secondary N) is 2. The van der Waals surface area contributed by atoms with E-state index in [1.165, 1.54) is 5.56 Å². The van der Waals surface area contributed by atoms with Gasteiger partial charge >= 0.3 is 0 Å². The van der Waals surface area contributed by atoms with Gasteiger partial charge in [0, 0.05) is 0 Å². The summed E-state index contributed by atoms with van der Waals surface area (Å²) < 4.78 is 7.63. The lowest BCUT2D eigenvalue weighted by Crippen LogP contribution is -2.24. The van der Waals surface area contributed by atoms with Crippen LogP contribution < -0.4 is 10.6 Å². The Hall–Kier alpha value is -2.69. The molecule has 2 aromatic heterocycles. The number of hydrogen-bond donors (Lipinski definition) is 2. The van der Waals surface area contributed by atoms with E-state index in [1.807, 2.05) is 16.8 Å². The summed E-state index contributed by atoms with van der Waals surface area (Å²) in [6, 6.07) is 12.3. The molecule has 1 aromatic carbocycles. The lowest BCUT2D eigenvalue weighted by molar-refractivity contribution is 0.354. The Morgan fingerprint density at radius 1 is 1.08 bits per heavy atom. The number of rotatable bonds is 2. The smallest absolute Gasteiger partial charge is 0.151 e. The Balaban J connectivity index is 1.73. The van der Waals surface area contributed by atoms with Gasteiger partial charge in [-0.25, -0.2) is 0 Å². The zero-order valence-corrected chi connectivity index (χ0v) is 14.4. The molecule has 4 rings (SSSR count). The highest BCUT2D eigenvalue weighted by Gasteiger charge is 2.28. The fourth-order valence-corrected chi connectivity index (χ4v) is 3.05. The van der Waals surface area contributed by atoms with Crippen LogP contribution in [0.2, 0.25) is 0 Å². The standard InChI is InChI=1S/C19H22N4O/c1-12-7-8-13-14(10-12)21-18(20-13)15-11-16(17-6-5-9-24-17)23(22-15)19(2,3)4/h5-11,18,20-21H,1-4H3. The molecule has 1 aliphatic rings. The second kappa shape index (κ2) is 5.16. The van der Waals surface area contributed by atoms with Crippen LogP contribution in [-0.4, -0.2) is 9.78 Å². The molecular weight excluding hydrogens is 300 g/mol. The number of fused-ring (bicyclic) bond motifs is 1. The van der Waals surface area contributed by atoms with E-state index < -0.39 is 0 Å². The van der Waals surface area contributed by atoms with Crippen molar-refractivity contribution in [3.8, 4) is 11.5 Å². The summed E-state index contributed by atoms with van der Waals surface area (Å²) >= 11 is 0. The number of anilines is 2. The van der Waals surface area contributed by atoms with Gasteiger partial charge in [0.25, 0.3) is 0 Å². The van der Waals surface area contributed by atoms with Crippen LogP contribution in [0.4, 0.5) is 11.4 Å². The summed E-state index contributed by atoms with van der Waals surface area (Å²) in [7, 11) is 0. The molecule has 0 radical (unpaired) electrons. The molecule has 1 aliphatic heterocycles. The summed E-state index contributed by atoms with van der Waals surface area (Å²) in [5.41, 5.74) is 5.26. The van der Waals surface area contributed by atoms with Crippen LogP contribution in [0.15, 0.2) is 47.1 Å². The minimum absolute atomic E-state index is 0.0425. The molecule has 0 fully saturated rings. The average molecular weight is 322 g/mol. The molecule has 1 unspecified atom stereocenters. The largest absolute Gasteiger partial charge is 0.463 e. The Kier molecular flexibility index (Phi) is 3.20. The zero-order valence-electron chi connectivity index (χ0n) is 14.4. The second-order valence-corrected chi connectivity index (χ2v) is 7.29. The monoisotopic (exact) mass is 322 g/mol. The molecule has 24 heavy (non-hydrogen) atoms. The normalized spacial score (nSPS) is 16.6. The van der Waals surface area contributed by atoms with Crippen LogP contribution in [0.5, 0.6) is 0 Å². The van der Waals surface area contributed by atoms with E-state index in [4.69, 9.17) is 9.52 Å². The van der Waals surface area contributed by atoms with Crippen LogP contribution in [-0.2, 0) is 5.54 Å². The third-order valence-electron chi connectivity index (χ3n) is 4.21. The molecule has 0 saturated heterocycles. The number of benzene rings is 1. The van der Waals surface area contributed by atoms with Crippen molar-refractivity contribution in [2.75, 3.05) is 10.6 Å². The minimum Gasteiger partial charge on any atom is -0.463 e. The molecule has 0 saturated carbocycles. The molecule has 0 spiro atoms. The van der Waals surface area contributed by atoms with Gasteiger partial charge in [-0.05, 0) is 63.6 Å². The number of nitrogens with zero attached hydrogens (tertiary/aromatic N) is 2. The second-order valence-electron chi connectivity index (χ2n) is 7.29. The van der Waals surface area contributed by atoms with Crippen molar-refractivity contribution >= 4 is 11.4 Å². The van der Waals surface area contributed by atoms with Gasteiger partial charge in [-0.2, -0.15) is 5.10 Å². The fourth-order valence-electron chi connectivity index (χ4n) is 3.05. The molecular formula is C19H22N4O. The number of aryl methyl sites for hydroxylation is 1. The summed E-state index contributed by atoms with van der Waals surface area (Å²) in [4.78, 5) is 0. The van der Waals surface area contributed by atoms with Crippen LogP contribution in [0.3, 0.4) is 0 Å². The molecule has 3 heterocycles. The third-order valence-corrected chi connectivity index (χ3v) is 4.21. The molecule has 3 aromatic rings. The van der Waals surface area contributed by atoms with Crippen LogP contribution in [0, 0.1) is 6.92 Å². The highest BCUT2D eigenvalue weighted by atomic mass is 16.3. The molecule has 124 valence electrons. The van der Waals surface area contributed by atoms with Gasteiger partial charge in [-0.1, -0.05) is 6.07 Å². The van der Waals surface area contributed by atoms with E-state index in [0.29, 0.717) is 0 Å². The van der Waals surface area contributed by atoms with Crippen molar-refractivity contribution in [3.63, 3.8) is 0 Å². The molecule has 0 bridgehead atoms. The van der Waals surface area contributed by atoms with Gasteiger partial charge in [-0.15, -0.1) is 0 Å². The quantitative estimate of drug-likeness (QED) is 0.715. The van der Waals surface area contributed by atoms with E-state index >= 15 is 0 Å². The van der Waals surface area contributed by atoms with Gasteiger partial charge in [0.1, 0.15) is 17.6 Å². The molecule has 5 nitrogen and oxygen atoms in total. The van der Waals surface area contributed by atoms with Gasteiger partial charge < -0.3 is 15.1 Å². The Bertz CT molecular complexity index is 871. The van der Waals surface area contributed by atoms with E-state index in [2.05, 4.69) is 62.6 Å². The van der Waals surface area contributed by atoms with E-state index in [-0.39, 0.29) is 11.7 Å². The van der Waals surface area contributed by atoms with Crippen molar-refractivity contribution in [1.82, 2.24) is 9.78 Å². The lowest BCUT2D eigenvalue weighted by atomic mass is 10.1. The lowest BCUT2D eigenvalue weighted by Gasteiger charge is -2.21. The first kappa shape index (κ1) is 14.9. The Morgan fingerprint density at radius 3 is 2.58 bits per heavy atom. The van der Waals surface area contributed by atoms with E-state index in [1.54, 1.807) is 6.26 Å². The summed E-state index contributed by atoms with van der Waals surface area (Å²) in [5.74, 6) is 0.829. The van der Waals surface area contributed by atoms with Crippen molar-refractivity contribution in [2.24, 2.45) is 0 Å². The summed E-state index contributed by atoms with van der Waals surface area (Å²) in [6.45, 7) is 8.52. The predicted octanol–water partition coefficient (Wildman–Crippen LogP) is 4.74. The van der Waals surface area contributed by atoms with Crippen LogP contribution in [0.1, 0.15) is 38.2 Å². The maximum absolute atomic E-state index is 5.61. The summed E-state index contributed by atoms with van der Waals surface area (Å²) in [6.07, 6.45) is 1.65. The average Bonchev–Trinajstić information content (AvgIpc) is 3.23. The molecule has 2 N–H and O–H groups in total. The van der Waals surface area contributed by atoms with Crippen molar-refractivity contribution in [3.05, 3.63) is 53.9 Å². The maximum atomic E-state index is 5.61. The SMILES string of the molecule is Cc1ccc2c(c1)NC(c1cc(-c3ccco3)n(C(C)(C)C)n1)N2. The van der Waals surface area contributed by atoms with E-state index in [9.17, 15) is 0 Å². The molecule has 0 aliphatic carbocycles. The van der Waals surface area contributed by atoms with Crippen molar-refractivity contribution in [2.45, 2.75) is 39.4 Å². The minimum atomic E-state index is -0.136. The van der Waals surface area contributed by atoms with Crippen molar-refractivity contribution in [1.29, 1.82) is 0 Å². The predicted molar refractivity (Wildman–Crippen MR) is 96.1 cm³/mol. The Morgan fingerprint density at radius 2 is 1.88 bits per heavy atom. The molecule has 0 amide bonds. The van der Waals surface area contributed by atoms with Crippen LogP contribution >= 0.6 is 0 Å². The first-order valence-corrected chi connectivity index (χ1v) is 8.20. The van der Waals surface area contributed by atoms with Crippen molar-refractivity contribution < 1.29 is 4.42 Å².